The molecule has 0 saturated heterocycles. The standard InChI is InChI=1S/C11H14O2/c1-8-5-4-6-10(7-9(8)2)11(12)13-3/h4-7,10H,1-3H3. The smallest absolute Gasteiger partial charge is 0.316 e. The van der Waals surface area contributed by atoms with E-state index >= 15 is 0 Å². The van der Waals surface area contributed by atoms with Crippen LogP contribution in [0.25, 0.3) is 0 Å². The highest BCUT2D eigenvalue weighted by atomic mass is 16.5. The number of hydrogen-bond acceptors (Lipinski definition) is 2. The Labute approximate surface area is 78.6 Å². The summed E-state index contributed by atoms with van der Waals surface area (Å²) in [6, 6.07) is 0. The second-order valence-electron chi connectivity index (χ2n) is 3.13. The van der Waals surface area contributed by atoms with Crippen molar-refractivity contribution < 1.29 is 9.53 Å². The molecule has 0 aromatic heterocycles. The van der Waals surface area contributed by atoms with Gasteiger partial charge in [-0.15, -0.1) is 0 Å². The molecule has 0 spiro atoms. The summed E-state index contributed by atoms with van der Waals surface area (Å²) in [5.74, 6) is -0.447. The fourth-order valence-electron chi connectivity index (χ4n) is 1.19. The molecule has 0 aliphatic heterocycles. The van der Waals surface area contributed by atoms with Gasteiger partial charge in [0.05, 0.1) is 13.0 Å². The van der Waals surface area contributed by atoms with Gasteiger partial charge in [-0.05, 0) is 19.4 Å². The largest absolute Gasteiger partial charge is 0.468 e. The van der Waals surface area contributed by atoms with Gasteiger partial charge in [-0.25, -0.2) is 0 Å². The maximum Gasteiger partial charge on any atom is 0.316 e. The van der Waals surface area contributed by atoms with Crippen molar-refractivity contribution in [1.29, 1.82) is 0 Å². The molecule has 0 aromatic rings. The van der Waals surface area contributed by atoms with E-state index in [4.69, 9.17) is 0 Å². The van der Waals surface area contributed by atoms with Crippen LogP contribution < -0.4 is 0 Å². The van der Waals surface area contributed by atoms with E-state index < -0.39 is 0 Å². The minimum Gasteiger partial charge on any atom is -0.468 e. The summed E-state index contributed by atoms with van der Waals surface area (Å²) < 4.78 is 4.67. The molecule has 0 radical (unpaired) electrons. The Morgan fingerprint density at radius 2 is 2.08 bits per heavy atom. The van der Waals surface area contributed by atoms with Crippen molar-refractivity contribution in [3.63, 3.8) is 0 Å². The lowest BCUT2D eigenvalue weighted by Gasteiger charge is -2.05. The number of rotatable bonds is 1. The SMILES string of the molecule is COC(=O)C1C=CC=C(C)C(C)=C1. The molecular formula is C11H14O2. The van der Waals surface area contributed by atoms with Crippen LogP contribution in [0.2, 0.25) is 0 Å². The molecule has 0 N–H and O–H groups in total. The third-order valence-corrected chi connectivity index (χ3v) is 2.19. The summed E-state index contributed by atoms with van der Waals surface area (Å²) in [6.07, 6.45) is 7.64. The number of methoxy groups -OCH3 is 1. The second kappa shape index (κ2) is 4.08. The van der Waals surface area contributed by atoms with E-state index in [0.717, 1.165) is 5.57 Å². The third-order valence-electron chi connectivity index (χ3n) is 2.19. The van der Waals surface area contributed by atoms with Gasteiger partial charge in [-0.3, -0.25) is 4.79 Å². The molecule has 1 atom stereocenters. The van der Waals surface area contributed by atoms with Crippen LogP contribution in [-0.2, 0) is 9.53 Å². The van der Waals surface area contributed by atoms with Gasteiger partial charge < -0.3 is 4.74 Å². The van der Waals surface area contributed by atoms with Crippen LogP contribution in [0.4, 0.5) is 0 Å². The van der Waals surface area contributed by atoms with Gasteiger partial charge in [-0.1, -0.05) is 29.9 Å². The minimum atomic E-state index is -0.237. The molecule has 1 aliphatic rings. The van der Waals surface area contributed by atoms with Crippen LogP contribution in [0, 0.1) is 5.92 Å². The molecule has 1 aliphatic carbocycles. The van der Waals surface area contributed by atoms with Crippen molar-refractivity contribution in [2.45, 2.75) is 13.8 Å². The first-order valence-corrected chi connectivity index (χ1v) is 4.27. The zero-order valence-corrected chi connectivity index (χ0v) is 8.20. The molecule has 0 aromatic carbocycles. The summed E-state index contributed by atoms with van der Waals surface area (Å²) >= 11 is 0. The Bertz CT molecular complexity index is 295. The Hall–Kier alpha value is -1.31. The van der Waals surface area contributed by atoms with Gasteiger partial charge in [0.15, 0.2) is 0 Å². The Balaban J connectivity index is 2.89. The predicted octanol–water partition coefficient (Wildman–Crippen LogP) is 2.24. The molecule has 2 heteroatoms. The maximum atomic E-state index is 11.2. The van der Waals surface area contributed by atoms with Gasteiger partial charge in [0.1, 0.15) is 0 Å². The number of allylic oxidation sites excluding steroid dienone is 4. The van der Waals surface area contributed by atoms with Gasteiger partial charge in [0.2, 0.25) is 0 Å². The van der Waals surface area contributed by atoms with E-state index in [2.05, 4.69) is 4.74 Å². The van der Waals surface area contributed by atoms with E-state index in [1.807, 2.05) is 38.2 Å². The molecule has 2 nitrogen and oxygen atoms in total. The molecule has 0 bridgehead atoms. The lowest BCUT2D eigenvalue weighted by molar-refractivity contribution is -0.142. The zero-order chi connectivity index (χ0) is 9.84. The number of hydrogen-bond donors (Lipinski definition) is 0. The van der Waals surface area contributed by atoms with Crippen molar-refractivity contribution in [2.24, 2.45) is 5.92 Å². The summed E-state index contributed by atoms with van der Waals surface area (Å²) in [7, 11) is 1.41. The Morgan fingerprint density at radius 1 is 1.38 bits per heavy atom. The van der Waals surface area contributed by atoms with E-state index in [9.17, 15) is 4.79 Å². The molecule has 0 amide bonds. The van der Waals surface area contributed by atoms with Crippen molar-refractivity contribution >= 4 is 5.97 Å². The summed E-state index contributed by atoms with van der Waals surface area (Å²) in [6.45, 7) is 4.02. The van der Waals surface area contributed by atoms with E-state index in [0.29, 0.717) is 0 Å². The minimum absolute atomic E-state index is 0.210. The highest BCUT2D eigenvalue weighted by Crippen LogP contribution is 2.17. The van der Waals surface area contributed by atoms with E-state index in [1.165, 1.54) is 12.7 Å². The van der Waals surface area contributed by atoms with Crippen molar-refractivity contribution in [3.05, 3.63) is 35.5 Å². The lowest BCUT2D eigenvalue weighted by atomic mass is 10.0. The van der Waals surface area contributed by atoms with Crippen LogP contribution >= 0.6 is 0 Å². The second-order valence-corrected chi connectivity index (χ2v) is 3.13. The fourth-order valence-corrected chi connectivity index (χ4v) is 1.19. The van der Waals surface area contributed by atoms with Crippen LogP contribution in [-0.4, -0.2) is 13.1 Å². The van der Waals surface area contributed by atoms with Crippen molar-refractivity contribution in [2.75, 3.05) is 7.11 Å². The molecule has 0 fully saturated rings. The highest BCUT2D eigenvalue weighted by molar-refractivity contribution is 5.77. The fraction of sp³-hybridized carbons (Fsp3) is 0.364. The van der Waals surface area contributed by atoms with Crippen molar-refractivity contribution in [1.82, 2.24) is 0 Å². The highest BCUT2D eigenvalue weighted by Gasteiger charge is 2.14. The topological polar surface area (TPSA) is 26.3 Å². The predicted molar refractivity (Wildman–Crippen MR) is 52.2 cm³/mol. The lowest BCUT2D eigenvalue weighted by Crippen LogP contribution is -2.11. The normalized spacial score (nSPS) is 21.6. The number of ether oxygens (including phenoxy) is 1. The Morgan fingerprint density at radius 3 is 2.69 bits per heavy atom. The summed E-state index contributed by atoms with van der Waals surface area (Å²) in [5.41, 5.74) is 2.31. The molecular weight excluding hydrogens is 164 g/mol. The number of carbonyl (C=O) groups excluding carboxylic acids is 1. The van der Waals surface area contributed by atoms with Gasteiger partial charge in [-0.2, -0.15) is 0 Å². The monoisotopic (exact) mass is 178 g/mol. The molecule has 13 heavy (non-hydrogen) atoms. The van der Waals surface area contributed by atoms with Gasteiger partial charge in [0, 0.05) is 0 Å². The van der Waals surface area contributed by atoms with Crippen LogP contribution in [0.15, 0.2) is 35.5 Å². The molecule has 0 heterocycles. The average molecular weight is 178 g/mol. The number of esters is 1. The van der Waals surface area contributed by atoms with E-state index in [1.54, 1.807) is 0 Å². The van der Waals surface area contributed by atoms with Crippen LogP contribution in [0.1, 0.15) is 13.8 Å². The van der Waals surface area contributed by atoms with Gasteiger partial charge >= 0.3 is 5.97 Å². The van der Waals surface area contributed by atoms with Gasteiger partial charge in [0.25, 0.3) is 0 Å². The maximum absolute atomic E-state index is 11.2. The molecule has 70 valence electrons. The first kappa shape index (κ1) is 9.78. The average Bonchev–Trinajstić information content (AvgIpc) is 2.28. The third kappa shape index (κ3) is 2.31. The molecule has 1 rings (SSSR count). The number of carbonyl (C=O) groups is 1. The summed E-state index contributed by atoms with van der Waals surface area (Å²) in [4.78, 5) is 11.2. The van der Waals surface area contributed by atoms with Crippen molar-refractivity contribution in [3.8, 4) is 0 Å². The Kier molecular flexibility index (Phi) is 3.07. The van der Waals surface area contributed by atoms with E-state index in [-0.39, 0.29) is 11.9 Å². The zero-order valence-electron chi connectivity index (χ0n) is 8.20. The first-order chi connectivity index (χ1) is 6.15. The quantitative estimate of drug-likeness (QED) is 0.575. The first-order valence-electron chi connectivity index (χ1n) is 4.27. The summed E-state index contributed by atoms with van der Waals surface area (Å²) in [5, 5.41) is 0. The van der Waals surface area contributed by atoms with Crippen LogP contribution in [0.5, 0.6) is 0 Å². The molecule has 0 saturated carbocycles. The molecule has 1 unspecified atom stereocenters. The van der Waals surface area contributed by atoms with Crippen LogP contribution in [0.3, 0.4) is 0 Å².